The number of hydrogen-bond acceptors (Lipinski definition) is 5. The van der Waals surface area contributed by atoms with Crippen molar-refractivity contribution in [2.45, 2.75) is 42.9 Å². The first-order valence-electron chi connectivity index (χ1n) is 5.46. The van der Waals surface area contributed by atoms with Crippen molar-refractivity contribution in [1.29, 1.82) is 0 Å². The van der Waals surface area contributed by atoms with Crippen LogP contribution in [0, 0.1) is 0 Å². The van der Waals surface area contributed by atoms with Gasteiger partial charge in [-0.15, -0.1) is 16.7 Å². The van der Waals surface area contributed by atoms with Gasteiger partial charge < -0.3 is 9.73 Å². The lowest BCUT2D eigenvalue weighted by molar-refractivity contribution is 0.499. The van der Waals surface area contributed by atoms with Gasteiger partial charge in [-0.05, 0) is 32.4 Å². The van der Waals surface area contributed by atoms with Gasteiger partial charge in [0.1, 0.15) is 5.38 Å². The minimum absolute atomic E-state index is 0.231. The number of anilines is 1. The molecule has 2 rings (SSSR count). The lowest BCUT2D eigenvalue weighted by atomic mass is 10.3. The highest BCUT2D eigenvalue weighted by atomic mass is 35.5. The minimum Gasteiger partial charge on any atom is -0.406 e. The number of halogens is 1. The highest BCUT2D eigenvalue weighted by Gasteiger charge is 2.25. The molecule has 1 N–H and O–H groups in total. The molecule has 1 aromatic heterocycles. The third-order valence-electron chi connectivity index (χ3n) is 2.83. The number of alkyl halides is 1. The molecule has 6 heteroatoms. The molecule has 0 aliphatic heterocycles. The first kappa shape index (κ1) is 12.0. The topological polar surface area (TPSA) is 51.0 Å². The summed E-state index contributed by atoms with van der Waals surface area (Å²) in [6, 6.07) is 0.950. The van der Waals surface area contributed by atoms with Gasteiger partial charge in [0.25, 0.3) is 0 Å². The van der Waals surface area contributed by atoms with Crippen LogP contribution in [0.2, 0.25) is 0 Å². The Balaban J connectivity index is 1.89. The fourth-order valence-electron chi connectivity index (χ4n) is 1.91. The van der Waals surface area contributed by atoms with E-state index in [1.165, 1.54) is 12.8 Å². The Morgan fingerprint density at radius 2 is 2.31 bits per heavy atom. The van der Waals surface area contributed by atoms with E-state index in [4.69, 9.17) is 16.0 Å². The number of rotatable bonds is 4. The fraction of sp³-hybridized carbons (Fsp3) is 0.800. The Morgan fingerprint density at radius 1 is 1.50 bits per heavy atom. The van der Waals surface area contributed by atoms with Crippen molar-refractivity contribution < 1.29 is 4.42 Å². The van der Waals surface area contributed by atoms with E-state index in [2.05, 4.69) is 21.8 Å². The van der Waals surface area contributed by atoms with Gasteiger partial charge in [-0.25, -0.2) is 0 Å². The number of nitrogens with zero attached hydrogens (tertiary/aromatic N) is 2. The quantitative estimate of drug-likeness (QED) is 0.845. The van der Waals surface area contributed by atoms with Crippen LogP contribution in [0.15, 0.2) is 4.42 Å². The predicted molar refractivity (Wildman–Crippen MR) is 67.1 cm³/mol. The van der Waals surface area contributed by atoms with Crippen LogP contribution in [-0.4, -0.2) is 27.7 Å². The fourth-order valence-corrected chi connectivity index (χ4v) is 2.80. The largest absolute Gasteiger partial charge is 0.406 e. The van der Waals surface area contributed by atoms with E-state index in [0.29, 0.717) is 17.9 Å². The summed E-state index contributed by atoms with van der Waals surface area (Å²) in [7, 11) is 0. The molecule has 0 aromatic carbocycles. The molecule has 0 spiro atoms. The zero-order chi connectivity index (χ0) is 11.5. The molecule has 3 unspecified atom stereocenters. The van der Waals surface area contributed by atoms with Gasteiger partial charge in [-0.2, -0.15) is 11.8 Å². The van der Waals surface area contributed by atoms with Crippen molar-refractivity contribution in [1.82, 2.24) is 10.2 Å². The highest BCUT2D eigenvalue weighted by Crippen LogP contribution is 2.30. The van der Waals surface area contributed by atoms with Crippen LogP contribution in [0.25, 0.3) is 0 Å². The highest BCUT2D eigenvalue weighted by molar-refractivity contribution is 7.99. The lowest BCUT2D eigenvalue weighted by Gasteiger charge is -2.09. The second-order valence-electron chi connectivity index (χ2n) is 4.07. The van der Waals surface area contributed by atoms with Crippen LogP contribution >= 0.6 is 23.4 Å². The van der Waals surface area contributed by atoms with Crippen molar-refractivity contribution in [3.8, 4) is 0 Å². The molecule has 0 amide bonds. The van der Waals surface area contributed by atoms with Crippen molar-refractivity contribution >= 4 is 29.4 Å². The Hall–Kier alpha value is -0.420. The molecule has 1 fully saturated rings. The van der Waals surface area contributed by atoms with E-state index in [-0.39, 0.29) is 5.38 Å². The molecule has 4 nitrogen and oxygen atoms in total. The number of aromatic nitrogens is 2. The van der Waals surface area contributed by atoms with Gasteiger partial charge >= 0.3 is 6.01 Å². The zero-order valence-corrected chi connectivity index (χ0v) is 11.0. The Kier molecular flexibility index (Phi) is 3.97. The monoisotopic (exact) mass is 261 g/mol. The molecule has 0 radical (unpaired) electrons. The van der Waals surface area contributed by atoms with Gasteiger partial charge in [0.05, 0.1) is 0 Å². The van der Waals surface area contributed by atoms with Gasteiger partial charge in [0.2, 0.25) is 5.89 Å². The third kappa shape index (κ3) is 2.83. The molecule has 1 aliphatic rings. The van der Waals surface area contributed by atoms with Gasteiger partial charge in [-0.3, -0.25) is 0 Å². The normalized spacial score (nSPS) is 26.9. The first-order valence-corrected chi connectivity index (χ1v) is 7.18. The van der Waals surface area contributed by atoms with Crippen LogP contribution in [0.3, 0.4) is 0 Å². The minimum atomic E-state index is -0.231. The molecule has 16 heavy (non-hydrogen) atoms. The summed E-state index contributed by atoms with van der Waals surface area (Å²) in [5.41, 5.74) is 0. The Morgan fingerprint density at radius 3 is 2.88 bits per heavy atom. The maximum absolute atomic E-state index is 5.85. The van der Waals surface area contributed by atoms with E-state index in [1.807, 2.05) is 18.7 Å². The molecule has 90 valence electrons. The van der Waals surface area contributed by atoms with Crippen LogP contribution < -0.4 is 5.32 Å². The summed E-state index contributed by atoms with van der Waals surface area (Å²) in [6.07, 6.45) is 5.74. The van der Waals surface area contributed by atoms with Crippen LogP contribution in [0.1, 0.15) is 37.5 Å². The second kappa shape index (κ2) is 5.27. The Labute approximate surface area is 105 Å². The van der Waals surface area contributed by atoms with Gasteiger partial charge in [-0.1, -0.05) is 5.10 Å². The zero-order valence-electron chi connectivity index (χ0n) is 9.44. The number of nitrogens with one attached hydrogen (secondary N) is 1. The van der Waals surface area contributed by atoms with Gasteiger partial charge in [0, 0.05) is 11.3 Å². The van der Waals surface area contributed by atoms with E-state index < -0.39 is 0 Å². The van der Waals surface area contributed by atoms with Crippen molar-refractivity contribution in [2.75, 3.05) is 11.6 Å². The van der Waals surface area contributed by atoms with Crippen LogP contribution in [0.4, 0.5) is 6.01 Å². The summed E-state index contributed by atoms with van der Waals surface area (Å²) in [5, 5.41) is 11.6. The van der Waals surface area contributed by atoms with E-state index in [1.54, 1.807) is 0 Å². The standard InChI is InChI=1S/C10H16ClN3OS/c1-6(11)9-13-14-10(15-9)12-7-3-4-8(5-7)16-2/h6-8H,3-5H2,1-2H3,(H,12,14). The average Bonchev–Trinajstić information content (AvgIpc) is 2.87. The summed E-state index contributed by atoms with van der Waals surface area (Å²) in [5.74, 6) is 0.476. The van der Waals surface area contributed by atoms with Crippen LogP contribution in [-0.2, 0) is 0 Å². The first-order chi connectivity index (χ1) is 7.69. The maximum atomic E-state index is 5.85. The van der Waals surface area contributed by atoms with Crippen molar-refractivity contribution in [3.63, 3.8) is 0 Å². The van der Waals surface area contributed by atoms with E-state index in [9.17, 15) is 0 Å². The molecular formula is C10H16ClN3OS. The van der Waals surface area contributed by atoms with E-state index >= 15 is 0 Å². The van der Waals surface area contributed by atoms with Crippen molar-refractivity contribution in [3.05, 3.63) is 5.89 Å². The number of thioether (sulfide) groups is 1. The smallest absolute Gasteiger partial charge is 0.315 e. The van der Waals surface area contributed by atoms with E-state index in [0.717, 1.165) is 11.7 Å². The Bertz CT molecular complexity index is 345. The molecule has 3 atom stereocenters. The molecule has 1 aromatic rings. The molecule has 0 bridgehead atoms. The average molecular weight is 262 g/mol. The molecule has 1 saturated carbocycles. The van der Waals surface area contributed by atoms with Gasteiger partial charge in [0.15, 0.2) is 0 Å². The van der Waals surface area contributed by atoms with Crippen molar-refractivity contribution in [2.24, 2.45) is 0 Å². The van der Waals surface area contributed by atoms with Crippen LogP contribution in [0.5, 0.6) is 0 Å². The lowest BCUT2D eigenvalue weighted by Crippen LogP contribution is -2.16. The predicted octanol–water partition coefficient (Wildman–Crippen LogP) is 3.07. The molecular weight excluding hydrogens is 246 g/mol. The summed E-state index contributed by atoms with van der Waals surface area (Å²) in [4.78, 5) is 0. The molecule has 1 aliphatic carbocycles. The number of hydrogen-bond donors (Lipinski definition) is 1. The maximum Gasteiger partial charge on any atom is 0.315 e. The molecule has 1 heterocycles. The second-order valence-corrected chi connectivity index (χ2v) is 5.87. The SMILES string of the molecule is CSC1CCC(Nc2nnc(C(C)Cl)o2)C1. The summed E-state index contributed by atoms with van der Waals surface area (Å²) in [6.45, 7) is 1.82. The molecule has 0 saturated heterocycles. The summed E-state index contributed by atoms with van der Waals surface area (Å²) >= 11 is 7.78. The summed E-state index contributed by atoms with van der Waals surface area (Å²) < 4.78 is 5.40. The third-order valence-corrected chi connectivity index (χ3v) is 4.11.